The second-order valence-corrected chi connectivity index (χ2v) is 7.35. The third-order valence-electron chi connectivity index (χ3n) is 4.84. The number of hydrogen-bond acceptors (Lipinski definition) is 5. The van der Waals surface area contributed by atoms with Crippen LogP contribution < -0.4 is 10.5 Å². The number of benzene rings is 1. The number of hydrogen-bond donors (Lipinski definition) is 0. The third-order valence-corrected chi connectivity index (χ3v) is 5.54. The first-order valence-electron chi connectivity index (χ1n) is 9.03. The fourth-order valence-corrected chi connectivity index (χ4v) is 3.75. The van der Waals surface area contributed by atoms with E-state index in [0.717, 1.165) is 38.3 Å². The molecule has 1 fully saturated rings. The van der Waals surface area contributed by atoms with Gasteiger partial charge in [0, 0.05) is 44.5 Å². The summed E-state index contributed by atoms with van der Waals surface area (Å²) in [5.41, 5.74) is 2.08. The summed E-state index contributed by atoms with van der Waals surface area (Å²) >= 11 is 12.6. The van der Waals surface area contributed by atoms with E-state index in [1.807, 2.05) is 42.5 Å². The van der Waals surface area contributed by atoms with Crippen molar-refractivity contribution in [3.05, 3.63) is 81.0 Å². The standard InChI is InChI=1S/C20H19Cl2N5O/c21-18-17(13-24-27(20(18)28)16-6-2-1-3-7-16)26-11-9-25(10-12-26)14-15-5-4-8-23-19(15)22/h1-8,13H,9-12,14H2. The average molecular weight is 416 g/mol. The van der Waals surface area contributed by atoms with Crippen LogP contribution in [0.4, 0.5) is 5.69 Å². The first-order chi connectivity index (χ1) is 13.6. The minimum Gasteiger partial charge on any atom is -0.366 e. The van der Waals surface area contributed by atoms with Crippen molar-refractivity contribution < 1.29 is 0 Å². The second kappa shape index (κ2) is 8.31. The maximum absolute atomic E-state index is 12.7. The van der Waals surface area contributed by atoms with E-state index in [2.05, 4.69) is 19.9 Å². The number of aromatic nitrogens is 3. The minimum atomic E-state index is -0.310. The third kappa shape index (κ3) is 3.90. The van der Waals surface area contributed by atoms with Gasteiger partial charge in [-0.15, -0.1) is 0 Å². The quantitative estimate of drug-likeness (QED) is 0.612. The van der Waals surface area contributed by atoms with Gasteiger partial charge in [0.15, 0.2) is 0 Å². The average Bonchev–Trinajstić information content (AvgIpc) is 2.73. The molecule has 144 valence electrons. The van der Waals surface area contributed by atoms with Crippen LogP contribution in [0.5, 0.6) is 0 Å². The lowest BCUT2D eigenvalue weighted by Crippen LogP contribution is -2.46. The zero-order chi connectivity index (χ0) is 19.5. The Balaban J connectivity index is 1.47. The summed E-state index contributed by atoms with van der Waals surface area (Å²) in [7, 11) is 0. The zero-order valence-electron chi connectivity index (χ0n) is 15.1. The molecule has 0 N–H and O–H groups in total. The van der Waals surface area contributed by atoms with Crippen LogP contribution in [-0.2, 0) is 6.54 Å². The predicted molar refractivity (Wildman–Crippen MR) is 112 cm³/mol. The van der Waals surface area contributed by atoms with Gasteiger partial charge in [0.05, 0.1) is 17.6 Å². The van der Waals surface area contributed by atoms with E-state index in [1.54, 1.807) is 12.4 Å². The van der Waals surface area contributed by atoms with Crippen LogP contribution in [0.2, 0.25) is 10.2 Å². The fourth-order valence-electron chi connectivity index (χ4n) is 3.32. The predicted octanol–water partition coefficient (Wildman–Crippen LogP) is 3.26. The highest BCUT2D eigenvalue weighted by atomic mass is 35.5. The molecule has 3 aromatic rings. The Morgan fingerprint density at radius 2 is 1.71 bits per heavy atom. The molecule has 6 nitrogen and oxygen atoms in total. The molecule has 1 aromatic carbocycles. The first-order valence-corrected chi connectivity index (χ1v) is 9.79. The highest BCUT2D eigenvalue weighted by Gasteiger charge is 2.22. The van der Waals surface area contributed by atoms with Gasteiger partial charge >= 0.3 is 0 Å². The number of pyridine rings is 1. The van der Waals surface area contributed by atoms with Gasteiger partial charge in [0.2, 0.25) is 0 Å². The summed E-state index contributed by atoms with van der Waals surface area (Å²) in [6.45, 7) is 3.94. The van der Waals surface area contributed by atoms with Gasteiger partial charge in [0.1, 0.15) is 10.2 Å². The molecule has 8 heteroatoms. The lowest BCUT2D eigenvalue weighted by molar-refractivity contribution is 0.249. The van der Waals surface area contributed by atoms with Gasteiger partial charge in [-0.25, -0.2) is 4.98 Å². The molecule has 3 heterocycles. The molecule has 0 bridgehead atoms. The van der Waals surface area contributed by atoms with Gasteiger partial charge < -0.3 is 4.90 Å². The highest BCUT2D eigenvalue weighted by molar-refractivity contribution is 6.33. The number of nitrogens with zero attached hydrogens (tertiary/aromatic N) is 5. The molecule has 1 saturated heterocycles. The van der Waals surface area contributed by atoms with Crippen molar-refractivity contribution in [2.45, 2.75) is 6.54 Å². The summed E-state index contributed by atoms with van der Waals surface area (Å²) in [5.74, 6) is 0. The summed E-state index contributed by atoms with van der Waals surface area (Å²) < 4.78 is 1.33. The molecule has 1 aliphatic heterocycles. The van der Waals surface area contributed by atoms with E-state index in [0.29, 0.717) is 16.5 Å². The van der Waals surface area contributed by atoms with Crippen molar-refractivity contribution in [1.82, 2.24) is 19.7 Å². The van der Waals surface area contributed by atoms with Crippen molar-refractivity contribution in [1.29, 1.82) is 0 Å². The lowest BCUT2D eigenvalue weighted by atomic mass is 10.2. The summed E-state index contributed by atoms with van der Waals surface area (Å²) in [6, 6.07) is 13.1. The number of piperazine rings is 1. The zero-order valence-corrected chi connectivity index (χ0v) is 16.6. The van der Waals surface area contributed by atoms with Crippen molar-refractivity contribution in [3.8, 4) is 5.69 Å². The van der Waals surface area contributed by atoms with Crippen molar-refractivity contribution >= 4 is 28.9 Å². The lowest BCUT2D eigenvalue weighted by Gasteiger charge is -2.36. The number of rotatable bonds is 4. The Morgan fingerprint density at radius 1 is 0.964 bits per heavy atom. The highest BCUT2D eigenvalue weighted by Crippen LogP contribution is 2.24. The van der Waals surface area contributed by atoms with Crippen LogP contribution >= 0.6 is 23.2 Å². The second-order valence-electron chi connectivity index (χ2n) is 6.61. The van der Waals surface area contributed by atoms with Gasteiger partial charge in [0.25, 0.3) is 5.56 Å². The molecule has 28 heavy (non-hydrogen) atoms. The molecule has 4 rings (SSSR count). The number of halogens is 2. The Hall–Kier alpha value is -2.41. The van der Waals surface area contributed by atoms with Gasteiger partial charge in [-0.05, 0) is 18.2 Å². The van der Waals surface area contributed by atoms with Crippen molar-refractivity contribution in [2.24, 2.45) is 0 Å². The molecular weight excluding hydrogens is 397 g/mol. The molecule has 0 spiro atoms. The van der Waals surface area contributed by atoms with Crippen LogP contribution in [0.1, 0.15) is 5.56 Å². The maximum atomic E-state index is 12.7. The number of para-hydroxylation sites is 1. The van der Waals surface area contributed by atoms with Crippen LogP contribution in [0.25, 0.3) is 5.69 Å². The minimum absolute atomic E-state index is 0.197. The van der Waals surface area contributed by atoms with E-state index in [4.69, 9.17) is 23.2 Å². The molecule has 2 aromatic heterocycles. The molecule has 1 aliphatic rings. The largest absolute Gasteiger partial charge is 0.366 e. The van der Waals surface area contributed by atoms with Crippen LogP contribution in [0.3, 0.4) is 0 Å². The molecule has 0 radical (unpaired) electrons. The smallest absolute Gasteiger partial charge is 0.292 e. The fraction of sp³-hybridized carbons (Fsp3) is 0.250. The monoisotopic (exact) mass is 415 g/mol. The molecule has 0 unspecified atom stereocenters. The van der Waals surface area contributed by atoms with Gasteiger partial charge in [-0.2, -0.15) is 9.78 Å². The van der Waals surface area contributed by atoms with Crippen LogP contribution in [0.15, 0.2) is 59.7 Å². The number of anilines is 1. The SMILES string of the molecule is O=c1c(Cl)c(N2CCN(Cc3cccnc3Cl)CC2)cnn1-c1ccccc1. The van der Waals surface area contributed by atoms with E-state index < -0.39 is 0 Å². The normalized spacial score (nSPS) is 15.0. The van der Waals surface area contributed by atoms with Crippen molar-refractivity contribution in [3.63, 3.8) is 0 Å². The van der Waals surface area contributed by atoms with E-state index in [-0.39, 0.29) is 10.6 Å². The topological polar surface area (TPSA) is 54.3 Å². The van der Waals surface area contributed by atoms with Gasteiger partial charge in [-0.1, -0.05) is 47.5 Å². The van der Waals surface area contributed by atoms with E-state index >= 15 is 0 Å². The summed E-state index contributed by atoms with van der Waals surface area (Å²) in [6.07, 6.45) is 3.36. The summed E-state index contributed by atoms with van der Waals surface area (Å²) in [5, 5.41) is 5.06. The Bertz CT molecular complexity index is 1020. The van der Waals surface area contributed by atoms with Gasteiger partial charge in [-0.3, -0.25) is 9.69 Å². The van der Waals surface area contributed by atoms with E-state index in [1.165, 1.54) is 4.68 Å². The molecular formula is C20H19Cl2N5O. The molecule has 0 atom stereocenters. The molecule has 0 saturated carbocycles. The first kappa shape index (κ1) is 18.9. The molecule has 0 aliphatic carbocycles. The Kier molecular flexibility index (Phi) is 5.62. The maximum Gasteiger partial charge on any atom is 0.292 e. The van der Waals surface area contributed by atoms with Crippen molar-refractivity contribution in [2.75, 3.05) is 31.1 Å². The summed E-state index contributed by atoms with van der Waals surface area (Å²) in [4.78, 5) is 21.2. The molecule has 0 amide bonds. The van der Waals surface area contributed by atoms with E-state index in [9.17, 15) is 4.79 Å². The van der Waals surface area contributed by atoms with Crippen LogP contribution in [0, 0.1) is 0 Å². The Labute approximate surface area is 172 Å². The van der Waals surface area contributed by atoms with Crippen LogP contribution in [-0.4, -0.2) is 45.8 Å². The Morgan fingerprint density at radius 3 is 2.43 bits per heavy atom.